The van der Waals surface area contributed by atoms with E-state index in [0.717, 1.165) is 21.4 Å². The molecule has 1 amide bonds. The molecule has 92 valence electrons. The van der Waals surface area contributed by atoms with Crippen molar-refractivity contribution in [1.82, 2.24) is 4.98 Å². The fourth-order valence-electron chi connectivity index (χ4n) is 2.07. The predicted octanol–water partition coefficient (Wildman–Crippen LogP) is 1.77. The Bertz CT molecular complexity index is 461. The maximum absolute atomic E-state index is 11.9. The molecule has 1 atom stereocenters. The van der Waals surface area contributed by atoms with E-state index < -0.39 is 0 Å². The summed E-state index contributed by atoms with van der Waals surface area (Å²) in [5.74, 6) is 1.15. The molecule has 1 aliphatic rings. The average molecular weight is 298 g/mol. The van der Waals surface area contributed by atoms with Gasteiger partial charge in [-0.25, -0.2) is 4.98 Å². The third-order valence-corrected chi connectivity index (χ3v) is 4.15. The highest BCUT2D eigenvalue weighted by molar-refractivity contribution is 9.10. The van der Waals surface area contributed by atoms with Gasteiger partial charge in [0, 0.05) is 23.6 Å². The van der Waals surface area contributed by atoms with Crippen LogP contribution in [0.3, 0.4) is 0 Å². The van der Waals surface area contributed by atoms with Crippen LogP contribution in [0, 0.1) is 19.8 Å². The Balaban J connectivity index is 2.35. The van der Waals surface area contributed by atoms with E-state index in [9.17, 15) is 4.79 Å². The Morgan fingerprint density at radius 3 is 2.82 bits per heavy atom. The lowest BCUT2D eigenvalue weighted by Gasteiger charge is -2.19. The molecule has 0 saturated carbocycles. The minimum atomic E-state index is 0.123. The van der Waals surface area contributed by atoms with Gasteiger partial charge in [-0.3, -0.25) is 9.69 Å². The summed E-state index contributed by atoms with van der Waals surface area (Å²) >= 11 is 3.44. The molecule has 0 spiro atoms. The molecule has 2 N–H and O–H groups in total. The average Bonchev–Trinajstić information content (AvgIpc) is 2.68. The first kappa shape index (κ1) is 12.5. The van der Waals surface area contributed by atoms with Crippen LogP contribution < -0.4 is 10.6 Å². The Kier molecular flexibility index (Phi) is 3.49. The highest BCUT2D eigenvalue weighted by Gasteiger charge is 2.31. The number of nitrogens with two attached hydrogens (primary N) is 1. The molecule has 2 heterocycles. The molecular weight excluding hydrogens is 282 g/mol. The summed E-state index contributed by atoms with van der Waals surface area (Å²) < 4.78 is 0.973. The van der Waals surface area contributed by atoms with Crippen LogP contribution in [0.15, 0.2) is 10.7 Å². The Morgan fingerprint density at radius 1 is 1.53 bits per heavy atom. The van der Waals surface area contributed by atoms with E-state index in [1.807, 2.05) is 13.8 Å². The van der Waals surface area contributed by atoms with E-state index in [2.05, 4.69) is 20.9 Å². The number of halogens is 1. The van der Waals surface area contributed by atoms with Crippen molar-refractivity contribution in [3.05, 3.63) is 21.8 Å². The molecular formula is C12H16BrN3O. The highest BCUT2D eigenvalue weighted by atomic mass is 79.9. The fraction of sp³-hybridized carbons (Fsp3) is 0.500. The van der Waals surface area contributed by atoms with Gasteiger partial charge >= 0.3 is 0 Å². The lowest BCUT2D eigenvalue weighted by molar-refractivity contribution is -0.117. The minimum absolute atomic E-state index is 0.123. The number of carbonyl (C=O) groups is 1. The third-order valence-electron chi connectivity index (χ3n) is 3.35. The van der Waals surface area contributed by atoms with Gasteiger partial charge in [-0.2, -0.15) is 0 Å². The quantitative estimate of drug-likeness (QED) is 0.905. The summed E-state index contributed by atoms with van der Waals surface area (Å²) in [5, 5.41) is 0. The van der Waals surface area contributed by atoms with Crippen molar-refractivity contribution in [3.63, 3.8) is 0 Å². The number of aromatic nitrogens is 1. The molecule has 0 aliphatic carbocycles. The predicted molar refractivity (Wildman–Crippen MR) is 70.9 cm³/mol. The van der Waals surface area contributed by atoms with Crippen molar-refractivity contribution in [1.29, 1.82) is 0 Å². The zero-order chi connectivity index (χ0) is 12.6. The van der Waals surface area contributed by atoms with Crippen LogP contribution in [-0.2, 0) is 4.79 Å². The zero-order valence-corrected chi connectivity index (χ0v) is 11.6. The highest BCUT2D eigenvalue weighted by Crippen LogP contribution is 2.29. The van der Waals surface area contributed by atoms with E-state index in [0.29, 0.717) is 19.5 Å². The first-order chi connectivity index (χ1) is 8.04. The first-order valence-electron chi connectivity index (χ1n) is 5.66. The van der Waals surface area contributed by atoms with E-state index in [4.69, 9.17) is 5.73 Å². The number of pyridine rings is 1. The molecule has 0 bridgehead atoms. The van der Waals surface area contributed by atoms with E-state index in [-0.39, 0.29) is 11.8 Å². The number of hydrogen-bond donors (Lipinski definition) is 1. The van der Waals surface area contributed by atoms with Crippen LogP contribution in [0.1, 0.15) is 17.5 Å². The molecule has 4 nitrogen and oxygen atoms in total. The number of hydrogen-bond acceptors (Lipinski definition) is 3. The summed E-state index contributed by atoms with van der Waals surface area (Å²) in [4.78, 5) is 18.0. The molecule has 0 radical (unpaired) electrons. The number of carbonyl (C=O) groups excluding carboxylic acids is 1. The summed E-state index contributed by atoms with van der Waals surface area (Å²) in [7, 11) is 0. The molecule has 2 rings (SSSR count). The lowest BCUT2D eigenvalue weighted by atomic mass is 10.1. The SMILES string of the molecule is Cc1c(Br)cnc(N2CC(CN)CC2=O)c1C. The van der Waals surface area contributed by atoms with Crippen molar-refractivity contribution >= 4 is 27.7 Å². The maximum Gasteiger partial charge on any atom is 0.228 e. The lowest BCUT2D eigenvalue weighted by Crippen LogP contribution is -2.27. The Morgan fingerprint density at radius 2 is 2.24 bits per heavy atom. The van der Waals surface area contributed by atoms with Crippen LogP contribution in [0.5, 0.6) is 0 Å². The van der Waals surface area contributed by atoms with Gasteiger partial charge in [0.15, 0.2) is 0 Å². The largest absolute Gasteiger partial charge is 0.330 e. The molecule has 1 aromatic rings. The van der Waals surface area contributed by atoms with Crippen molar-refractivity contribution in [2.45, 2.75) is 20.3 Å². The van der Waals surface area contributed by atoms with Gasteiger partial charge in [-0.1, -0.05) is 0 Å². The fourth-order valence-corrected chi connectivity index (χ4v) is 2.47. The van der Waals surface area contributed by atoms with Crippen molar-refractivity contribution in [2.24, 2.45) is 11.7 Å². The second-order valence-corrected chi connectivity index (χ2v) is 5.34. The number of amides is 1. The van der Waals surface area contributed by atoms with Crippen LogP contribution in [0.2, 0.25) is 0 Å². The molecule has 1 fully saturated rings. The monoisotopic (exact) mass is 297 g/mol. The van der Waals surface area contributed by atoms with E-state index >= 15 is 0 Å². The van der Waals surface area contributed by atoms with E-state index in [1.54, 1.807) is 11.1 Å². The molecule has 5 heteroatoms. The second-order valence-electron chi connectivity index (χ2n) is 4.49. The van der Waals surface area contributed by atoms with Gasteiger partial charge in [-0.05, 0) is 53.4 Å². The normalized spacial score (nSPS) is 20.1. The van der Waals surface area contributed by atoms with Crippen LogP contribution in [-0.4, -0.2) is 24.0 Å². The second kappa shape index (κ2) is 4.74. The van der Waals surface area contributed by atoms with Gasteiger partial charge in [-0.15, -0.1) is 0 Å². The van der Waals surface area contributed by atoms with Gasteiger partial charge in [0.05, 0.1) is 0 Å². The number of nitrogens with zero attached hydrogens (tertiary/aromatic N) is 2. The molecule has 17 heavy (non-hydrogen) atoms. The molecule has 1 aliphatic heterocycles. The van der Waals surface area contributed by atoms with Crippen molar-refractivity contribution in [3.8, 4) is 0 Å². The summed E-state index contributed by atoms with van der Waals surface area (Å²) in [6.07, 6.45) is 2.29. The molecule has 1 aromatic heterocycles. The molecule has 1 unspecified atom stereocenters. The summed E-state index contributed by atoms with van der Waals surface area (Å²) in [6, 6.07) is 0. The van der Waals surface area contributed by atoms with Gasteiger partial charge < -0.3 is 5.73 Å². The van der Waals surface area contributed by atoms with E-state index in [1.165, 1.54) is 0 Å². The van der Waals surface area contributed by atoms with Gasteiger partial charge in [0.2, 0.25) is 5.91 Å². The maximum atomic E-state index is 11.9. The topological polar surface area (TPSA) is 59.2 Å². The van der Waals surface area contributed by atoms with Crippen LogP contribution in [0.4, 0.5) is 5.82 Å². The molecule has 1 saturated heterocycles. The van der Waals surface area contributed by atoms with Gasteiger partial charge in [0.1, 0.15) is 5.82 Å². The van der Waals surface area contributed by atoms with Crippen LogP contribution in [0.25, 0.3) is 0 Å². The van der Waals surface area contributed by atoms with Crippen LogP contribution >= 0.6 is 15.9 Å². The third kappa shape index (κ3) is 2.21. The van der Waals surface area contributed by atoms with Gasteiger partial charge in [0.25, 0.3) is 0 Å². The Hall–Kier alpha value is -0.940. The number of anilines is 1. The smallest absolute Gasteiger partial charge is 0.228 e. The van der Waals surface area contributed by atoms with Crippen molar-refractivity contribution in [2.75, 3.05) is 18.0 Å². The standard InChI is InChI=1S/C12H16BrN3O/c1-7-8(2)12(15-5-10(7)13)16-6-9(4-14)3-11(16)17/h5,9H,3-4,6,14H2,1-2H3. The first-order valence-corrected chi connectivity index (χ1v) is 6.46. The van der Waals surface area contributed by atoms with Crippen molar-refractivity contribution < 1.29 is 4.79 Å². The molecule has 0 aromatic carbocycles. The zero-order valence-electron chi connectivity index (χ0n) is 10.0. The minimum Gasteiger partial charge on any atom is -0.330 e. The Labute approximate surface area is 109 Å². The summed E-state index contributed by atoms with van der Waals surface area (Å²) in [6.45, 7) is 5.25. The number of rotatable bonds is 2. The summed E-state index contributed by atoms with van der Waals surface area (Å²) in [5.41, 5.74) is 7.79.